The van der Waals surface area contributed by atoms with Crippen molar-refractivity contribution in [1.82, 2.24) is 0 Å². The van der Waals surface area contributed by atoms with E-state index in [-0.39, 0.29) is 5.54 Å². The Labute approximate surface area is 91.4 Å². The minimum absolute atomic E-state index is 0.254. The van der Waals surface area contributed by atoms with Crippen LogP contribution in [-0.2, 0) is 10.3 Å². The number of rotatable bonds is 2. The third-order valence-electron chi connectivity index (χ3n) is 3.03. The monoisotopic (exact) mass is 205 g/mol. The molecular formula is C13H19NO. The Kier molecular flexibility index (Phi) is 2.81. The fourth-order valence-electron chi connectivity index (χ4n) is 1.99. The van der Waals surface area contributed by atoms with Crippen molar-refractivity contribution >= 4 is 0 Å². The average molecular weight is 205 g/mol. The molecule has 1 aromatic carbocycles. The highest BCUT2D eigenvalue weighted by Gasteiger charge is 2.20. The van der Waals surface area contributed by atoms with E-state index in [1.54, 1.807) is 0 Å². The van der Waals surface area contributed by atoms with Crippen LogP contribution >= 0.6 is 0 Å². The topological polar surface area (TPSA) is 35.2 Å². The van der Waals surface area contributed by atoms with Crippen LogP contribution < -0.4 is 5.73 Å². The highest BCUT2D eigenvalue weighted by atomic mass is 16.5. The molecule has 1 aromatic rings. The lowest BCUT2D eigenvalue weighted by Gasteiger charge is -2.21. The van der Waals surface area contributed by atoms with Crippen molar-refractivity contribution in [3.05, 3.63) is 35.4 Å². The summed E-state index contributed by atoms with van der Waals surface area (Å²) < 4.78 is 5.41. The maximum absolute atomic E-state index is 6.09. The van der Waals surface area contributed by atoms with Crippen molar-refractivity contribution in [3.63, 3.8) is 0 Å². The average Bonchev–Trinajstić information content (AvgIpc) is 2.69. The molecule has 2 N–H and O–H groups in total. The Morgan fingerprint density at radius 2 is 2.20 bits per heavy atom. The molecule has 0 bridgehead atoms. The third-order valence-corrected chi connectivity index (χ3v) is 3.03. The second-order valence-corrected chi connectivity index (χ2v) is 4.91. The van der Waals surface area contributed by atoms with Crippen LogP contribution in [0, 0.1) is 0 Å². The van der Waals surface area contributed by atoms with Gasteiger partial charge in [-0.15, -0.1) is 0 Å². The number of benzene rings is 1. The van der Waals surface area contributed by atoms with Crippen LogP contribution in [-0.4, -0.2) is 13.2 Å². The molecule has 0 amide bonds. The van der Waals surface area contributed by atoms with Gasteiger partial charge in [-0.1, -0.05) is 24.3 Å². The van der Waals surface area contributed by atoms with Gasteiger partial charge < -0.3 is 10.5 Å². The first-order valence-electron chi connectivity index (χ1n) is 5.54. The van der Waals surface area contributed by atoms with Gasteiger partial charge in [0.2, 0.25) is 0 Å². The highest BCUT2D eigenvalue weighted by molar-refractivity contribution is 5.30. The Balaban J connectivity index is 2.26. The number of nitrogens with two attached hydrogens (primary N) is 1. The van der Waals surface area contributed by atoms with Crippen molar-refractivity contribution in [2.45, 2.75) is 31.7 Å². The Morgan fingerprint density at radius 3 is 2.80 bits per heavy atom. The molecule has 0 radical (unpaired) electrons. The maximum atomic E-state index is 6.09. The first-order valence-corrected chi connectivity index (χ1v) is 5.54. The fraction of sp³-hybridized carbons (Fsp3) is 0.538. The first kappa shape index (κ1) is 10.7. The van der Waals surface area contributed by atoms with E-state index in [9.17, 15) is 0 Å². The summed E-state index contributed by atoms with van der Waals surface area (Å²) >= 11 is 0. The molecule has 1 saturated heterocycles. The summed E-state index contributed by atoms with van der Waals surface area (Å²) in [5.74, 6) is 0.562. The van der Waals surface area contributed by atoms with Crippen molar-refractivity contribution < 1.29 is 4.74 Å². The molecule has 2 rings (SSSR count). The van der Waals surface area contributed by atoms with E-state index in [1.807, 2.05) is 13.8 Å². The van der Waals surface area contributed by atoms with Gasteiger partial charge in [-0.3, -0.25) is 0 Å². The maximum Gasteiger partial charge on any atom is 0.0535 e. The van der Waals surface area contributed by atoms with Gasteiger partial charge in [0.05, 0.1) is 6.61 Å². The van der Waals surface area contributed by atoms with Gasteiger partial charge in [-0.25, -0.2) is 0 Å². The molecule has 2 heteroatoms. The van der Waals surface area contributed by atoms with E-state index < -0.39 is 0 Å². The summed E-state index contributed by atoms with van der Waals surface area (Å²) in [5.41, 5.74) is 8.40. The van der Waals surface area contributed by atoms with Crippen LogP contribution in [0.25, 0.3) is 0 Å². The molecule has 2 nitrogen and oxygen atoms in total. The van der Waals surface area contributed by atoms with E-state index >= 15 is 0 Å². The number of hydrogen-bond donors (Lipinski definition) is 1. The first-order chi connectivity index (χ1) is 7.07. The third kappa shape index (κ3) is 2.39. The molecule has 0 saturated carbocycles. The minimum atomic E-state index is -0.254. The second kappa shape index (κ2) is 3.95. The molecule has 1 aliphatic rings. The van der Waals surface area contributed by atoms with E-state index in [0.29, 0.717) is 5.92 Å². The lowest BCUT2D eigenvalue weighted by molar-refractivity contribution is 0.194. The molecule has 1 unspecified atom stereocenters. The number of hydrogen-bond acceptors (Lipinski definition) is 2. The zero-order valence-electron chi connectivity index (χ0n) is 9.49. The zero-order chi connectivity index (χ0) is 10.9. The Bertz CT molecular complexity index is 335. The Hall–Kier alpha value is -0.860. The zero-order valence-corrected chi connectivity index (χ0v) is 9.49. The van der Waals surface area contributed by atoms with E-state index in [1.165, 1.54) is 11.1 Å². The van der Waals surface area contributed by atoms with E-state index in [4.69, 9.17) is 10.5 Å². The SMILES string of the molecule is CC(C)(N)c1cccc(C2CCOC2)c1. The van der Waals surface area contributed by atoms with Crippen LogP contribution in [0.15, 0.2) is 24.3 Å². The minimum Gasteiger partial charge on any atom is -0.381 e. The molecule has 1 atom stereocenters. The van der Waals surface area contributed by atoms with Gasteiger partial charge in [-0.2, -0.15) is 0 Å². The van der Waals surface area contributed by atoms with Gasteiger partial charge in [0.1, 0.15) is 0 Å². The summed E-state index contributed by atoms with van der Waals surface area (Å²) in [6.07, 6.45) is 1.13. The molecule has 1 aliphatic heterocycles. The van der Waals surface area contributed by atoms with Crippen LogP contribution in [0.1, 0.15) is 37.3 Å². The normalized spacial score (nSPS) is 21.9. The molecule has 1 fully saturated rings. The molecule has 0 spiro atoms. The smallest absolute Gasteiger partial charge is 0.0535 e. The molecule has 15 heavy (non-hydrogen) atoms. The van der Waals surface area contributed by atoms with Crippen LogP contribution in [0.2, 0.25) is 0 Å². The molecule has 1 heterocycles. The molecule has 0 aromatic heterocycles. The van der Waals surface area contributed by atoms with Gasteiger partial charge in [-0.05, 0) is 31.4 Å². The largest absolute Gasteiger partial charge is 0.381 e. The molecule has 0 aliphatic carbocycles. The van der Waals surface area contributed by atoms with Crippen molar-refractivity contribution in [1.29, 1.82) is 0 Å². The summed E-state index contributed by atoms with van der Waals surface area (Å²) in [5, 5.41) is 0. The van der Waals surface area contributed by atoms with Gasteiger partial charge in [0.15, 0.2) is 0 Å². The summed E-state index contributed by atoms with van der Waals surface area (Å²) in [4.78, 5) is 0. The second-order valence-electron chi connectivity index (χ2n) is 4.91. The van der Waals surface area contributed by atoms with Gasteiger partial charge in [0, 0.05) is 18.1 Å². The quantitative estimate of drug-likeness (QED) is 0.804. The summed E-state index contributed by atoms with van der Waals surface area (Å²) in [7, 11) is 0. The standard InChI is InChI=1S/C13H19NO/c1-13(2,14)12-5-3-4-10(8-12)11-6-7-15-9-11/h3-5,8,11H,6-7,9,14H2,1-2H3. The van der Waals surface area contributed by atoms with Crippen molar-refractivity contribution in [2.24, 2.45) is 5.73 Å². The number of ether oxygens (including phenoxy) is 1. The summed E-state index contributed by atoms with van der Waals surface area (Å²) in [6, 6.07) is 8.59. The van der Waals surface area contributed by atoms with Gasteiger partial charge in [0.25, 0.3) is 0 Å². The lowest BCUT2D eigenvalue weighted by Crippen LogP contribution is -2.28. The van der Waals surface area contributed by atoms with E-state index in [2.05, 4.69) is 24.3 Å². The van der Waals surface area contributed by atoms with Gasteiger partial charge >= 0.3 is 0 Å². The van der Waals surface area contributed by atoms with Crippen molar-refractivity contribution in [3.8, 4) is 0 Å². The van der Waals surface area contributed by atoms with E-state index in [0.717, 1.165) is 19.6 Å². The lowest BCUT2D eigenvalue weighted by atomic mass is 9.90. The predicted molar refractivity (Wildman–Crippen MR) is 61.8 cm³/mol. The highest BCUT2D eigenvalue weighted by Crippen LogP contribution is 2.27. The molecule has 82 valence electrons. The summed E-state index contributed by atoms with van der Waals surface area (Å²) in [6.45, 7) is 5.82. The Morgan fingerprint density at radius 1 is 1.40 bits per heavy atom. The fourth-order valence-corrected chi connectivity index (χ4v) is 1.99. The van der Waals surface area contributed by atoms with Crippen LogP contribution in [0.3, 0.4) is 0 Å². The van der Waals surface area contributed by atoms with Crippen LogP contribution in [0.5, 0.6) is 0 Å². The van der Waals surface area contributed by atoms with Crippen LogP contribution in [0.4, 0.5) is 0 Å². The molecular weight excluding hydrogens is 186 g/mol. The predicted octanol–water partition coefficient (Wildman–Crippen LogP) is 2.38. The van der Waals surface area contributed by atoms with Crippen molar-refractivity contribution in [2.75, 3.05) is 13.2 Å².